The third kappa shape index (κ3) is 7.57. The average Bonchev–Trinajstić information content (AvgIpc) is 3.06. The number of carbonyl (C=O) groups is 1. The van der Waals surface area contributed by atoms with E-state index in [4.69, 9.17) is 0 Å². The van der Waals surface area contributed by atoms with Crippen molar-refractivity contribution in [2.45, 2.75) is 58.0 Å². The molecule has 0 saturated heterocycles. The maximum Gasteiger partial charge on any atom is 0.239 e. The van der Waals surface area contributed by atoms with Crippen LogP contribution < -0.4 is 16.0 Å². The third-order valence-electron chi connectivity index (χ3n) is 4.27. The smallest absolute Gasteiger partial charge is 0.239 e. The van der Waals surface area contributed by atoms with Gasteiger partial charge in [-0.25, -0.2) is 0 Å². The Morgan fingerprint density at radius 3 is 2.76 bits per heavy atom. The Balaban J connectivity index is 0.00000312. The second kappa shape index (κ2) is 12.0. The van der Waals surface area contributed by atoms with Gasteiger partial charge in [0, 0.05) is 32.6 Å². The summed E-state index contributed by atoms with van der Waals surface area (Å²) < 4.78 is 2.01. The molecule has 8 nitrogen and oxygen atoms in total. The van der Waals surface area contributed by atoms with Crippen molar-refractivity contribution in [3.63, 3.8) is 0 Å². The van der Waals surface area contributed by atoms with Gasteiger partial charge in [-0.05, 0) is 12.8 Å². The lowest BCUT2D eigenvalue weighted by Gasteiger charge is -2.23. The molecule has 0 bridgehead atoms. The van der Waals surface area contributed by atoms with Gasteiger partial charge in [0.2, 0.25) is 5.91 Å². The van der Waals surface area contributed by atoms with E-state index >= 15 is 0 Å². The zero-order valence-electron chi connectivity index (χ0n) is 15.1. The first-order valence-corrected chi connectivity index (χ1v) is 8.83. The molecule has 0 spiro atoms. The van der Waals surface area contributed by atoms with Crippen molar-refractivity contribution < 1.29 is 4.79 Å². The molecule has 1 aliphatic carbocycles. The van der Waals surface area contributed by atoms with Gasteiger partial charge in [-0.15, -0.1) is 34.2 Å². The summed E-state index contributed by atoms with van der Waals surface area (Å²) in [6, 6.07) is 0.337. The molecule has 1 heterocycles. The van der Waals surface area contributed by atoms with Crippen molar-refractivity contribution in [1.29, 1.82) is 0 Å². The number of nitrogens with zero attached hydrogens (tertiary/aromatic N) is 4. The minimum atomic E-state index is 0. The summed E-state index contributed by atoms with van der Waals surface area (Å²) in [5, 5.41) is 17.3. The average molecular weight is 463 g/mol. The fourth-order valence-corrected chi connectivity index (χ4v) is 2.94. The van der Waals surface area contributed by atoms with Gasteiger partial charge < -0.3 is 20.5 Å². The van der Waals surface area contributed by atoms with Crippen LogP contribution in [-0.4, -0.2) is 52.8 Å². The number of aromatic nitrogens is 3. The highest BCUT2D eigenvalue weighted by molar-refractivity contribution is 14.0. The van der Waals surface area contributed by atoms with E-state index in [0.717, 1.165) is 31.6 Å². The van der Waals surface area contributed by atoms with Gasteiger partial charge in [0.15, 0.2) is 5.96 Å². The highest BCUT2D eigenvalue weighted by Crippen LogP contribution is 2.16. The molecule has 0 aliphatic heterocycles. The van der Waals surface area contributed by atoms with Gasteiger partial charge in [0.05, 0.1) is 6.54 Å². The molecule has 1 aliphatic rings. The van der Waals surface area contributed by atoms with E-state index in [9.17, 15) is 4.79 Å². The van der Waals surface area contributed by atoms with E-state index in [0.29, 0.717) is 18.5 Å². The summed E-state index contributed by atoms with van der Waals surface area (Å²) in [7, 11) is 1.70. The summed E-state index contributed by atoms with van der Waals surface area (Å²) >= 11 is 0. The SMILES string of the molecule is CCc1nncn1CCNC(=NC)NCC(=O)NC1CCCCC1.I. The van der Waals surface area contributed by atoms with E-state index in [1.54, 1.807) is 13.4 Å². The molecule has 0 unspecified atom stereocenters. The van der Waals surface area contributed by atoms with Gasteiger partial charge in [-0.1, -0.05) is 26.2 Å². The van der Waals surface area contributed by atoms with Crippen molar-refractivity contribution in [3.8, 4) is 0 Å². The number of halogens is 1. The molecule has 1 aromatic heterocycles. The Hall–Kier alpha value is -1.39. The van der Waals surface area contributed by atoms with E-state index in [2.05, 4.69) is 38.1 Å². The van der Waals surface area contributed by atoms with Crippen LogP contribution in [0.4, 0.5) is 0 Å². The van der Waals surface area contributed by atoms with Crippen molar-refractivity contribution in [3.05, 3.63) is 12.2 Å². The number of hydrogen-bond acceptors (Lipinski definition) is 4. The Kier molecular flexibility index (Phi) is 10.4. The van der Waals surface area contributed by atoms with Crippen LogP contribution >= 0.6 is 24.0 Å². The first-order chi connectivity index (χ1) is 11.7. The van der Waals surface area contributed by atoms with Crippen LogP contribution in [0.1, 0.15) is 44.9 Å². The van der Waals surface area contributed by atoms with Gasteiger partial charge in [0.1, 0.15) is 12.2 Å². The number of aliphatic imine (C=N–C) groups is 1. The summed E-state index contributed by atoms with van der Waals surface area (Å²) in [5.41, 5.74) is 0. The molecule has 25 heavy (non-hydrogen) atoms. The highest BCUT2D eigenvalue weighted by Gasteiger charge is 2.15. The second-order valence-electron chi connectivity index (χ2n) is 6.05. The molecular formula is C16H30IN7O. The van der Waals surface area contributed by atoms with Crippen molar-refractivity contribution in [1.82, 2.24) is 30.7 Å². The normalized spacial score (nSPS) is 15.4. The minimum absolute atomic E-state index is 0. The predicted octanol–water partition coefficient (Wildman–Crippen LogP) is 1.07. The number of amides is 1. The lowest BCUT2D eigenvalue weighted by Crippen LogP contribution is -2.46. The molecule has 0 radical (unpaired) electrons. The number of rotatable bonds is 7. The largest absolute Gasteiger partial charge is 0.355 e. The Morgan fingerprint density at radius 1 is 1.32 bits per heavy atom. The molecule has 1 fully saturated rings. The molecule has 1 amide bonds. The number of guanidine groups is 1. The van der Waals surface area contributed by atoms with Crippen LogP contribution in [0.15, 0.2) is 11.3 Å². The van der Waals surface area contributed by atoms with Gasteiger partial charge in [0.25, 0.3) is 0 Å². The monoisotopic (exact) mass is 463 g/mol. The zero-order valence-corrected chi connectivity index (χ0v) is 17.5. The summed E-state index contributed by atoms with van der Waals surface area (Å²) in [6.07, 6.45) is 8.49. The van der Waals surface area contributed by atoms with Gasteiger partial charge >= 0.3 is 0 Å². The number of nitrogens with one attached hydrogen (secondary N) is 3. The fraction of sp³-hybridized carbons (Fsp3) is 0.750. The molecule has 9 heteroatoms. The standard InChI is InChI=1S/C16H29N7O.HI/c1-3-14-22-20-12-23(14)10-9-18-16(17-2)19-11-15(24)21-13-7-5-4-6-8-13;/h12-13H,3-11H2,1-2H3,(H,21,24)(H2,17,18,19);1H. The Labute approximate surface area is 166 Å². The first-order valence-electron chi connectivity index (χ1n) is 8.83. The number of hydrogen-bond donors (Lipinski definition) is 3. The van der Waals surface area contributed by atoms with Crippen LogP contribution in [0.5, 0.6) is 0 Å². The van der Waals surface area contributed by atoms with Crippen LogP contribution in [-0.2, 0) is 17.8 Å². The van der Waals surface area contributed by atoms with E-state index < -0.39 is 0 Å². The van der Waals surface area contributed by atoms with Crippen molar-refractivity contribution >= 4 is 35.8 Å². The second-order valence-corrected chi connectivity index (χ2v) is 6.05. The van der Waals surface area contributed by atoms with E-state index in [1.807, 2.05) is 4.57 Å². The lowest BCUT2D eigenvalue weighted by molar-refractivity contribution is -0.120. The third-order valence-corrected chi connectivity index (χ3v) is 4.27. The van der Waals surface area contributed by atoms with Crippen LogP contribution in [0, 0.1) is 0 Å². The molecule has 1 saturated carbocycles. The fourth-order valence-electron chi connectivity index (χ4n) is 2.94. The molecule has 1 aromatic rings. The van der Waals surface area contributed by atoms with Crippen molar-refractivity contribution in [2.24, 2.45) is 4.99 Å². The van der Waals surface area contributed by atoms with E-state index in [1.165, 1.54) is 19.3 Å². The molecule has 142 valence electrons. The maximum absolute atomic E-state index is 12.0. The minimum Gasteiger partial charge on any atom is -0.355 e. The van der Waals surface area contributed by atoms with Gasteiger partial charge in [-0.2, -0.15) is 0 Å². The van der Waals surface area contributed by atoms with Gasteiger partial charge in [-0.3, -0.25) is 9.79 Å². The molecule has 0 aromatic carbocycles. The number of aryl methyl sites for hydroxylation is 1. The molecule has 2 rings (SSSR count). The lowest BCUT2D eigenvalue weighted by atomic mass is 9.95. The Bertz CT molecular complexity index is 540. The molecule has 3 N–H and O–H groups in total. The van der Waals surface area contributed by atoms with Crippen LogP contribution in [0.25, 0.3) is 0 Å². The highest BCUT2D eigenvalue weighted by atomic mass is 127. The zero-order chi connectivity index (χ0) is 17.2. The van der Waals surface area contributed by atoms with E-state index in [-0.39, 0.29) is 36.4 Å². The summed E-state index contributed by atoms with van der Waals surface area (Å²) in [6.45, 7) is 3.74. The van der Waals surface area contributed by atoms with Crippen LogP contribution in [0.2, 0.25) is 0 Å². The Morgan fingerprint density at radius 2 is 2.08 bits per heavy atom. The summed E-state index contributed by atoms with van der Waals surface area (Å²) in [5.74, 6) is 1.61. The quantitative estimate of drug-likeness (QED) is 0.320. The topological polar surface area (TPSA) is 96.2 Å². The summed E-state index contributed by atoms with van der Waals surface area (Å²) in [4.78, 5) is 16.1. The number of carbonyl (C=O) groups excluding carboxylic acids is 1. The van der Waals surface area contributed by atoms with Crippen molar-refractivity contribution in [2.75, 3.05) is 20.1 Å². The molecular weight excluding hydrogens is 433 g/mol. The molecule has 0 atom stereocenters. The van der Waals surface area contributed by atoms with Crippen LogP contribution in [0.3, 0.4) is 0 Å². The maximum atomic E-state index is 12.0. The first kappa shape index (κ1) is 21.7. The predicted molar refractivity (Wildman–Crippen MR) is 109 cm³/mol.